The largest absolute Gasteiger partial charge is 0.497 e. The zero-order valence-corrected chi connectivity index (χ0v) is 16.2. The van der Waals surface area contributed by atoms with Crippen molar-refractivity contribution in [3.63, 3.8) is 0 Å². The molecule has 2 aromatic rings. The number of carbonyl (C=O) groups is 1. The quantitative estimate of drug-likeness (QED) is 0.803. The molecule has 2 aromatic carbocycles. The molecule has 144 valence electrons. The molecule has 0 unspecified atom stereocenters. The third-order valence-electron chi connectivity index (χ3n) is 5.48. The number of carbonyl (C=O) groups excluding carboxylic acids is 1. The van der Waals surface area contributed by atoms with Gasteiger partial charge in [-0.25, -0.2) is 0 Å². The fraction of sp³-hybridized carbons (Fsp3) is 0.409. The van der Waals surface area contributed by atoms with Crippen LogP contribution < -0.4 is 19.5 Å². The lowest BCUT2D eigenvalue weighted by Crippen LogP contribution is -2.39. The molecule has 5 heteroatoms. The summed E-state index contributed by atoms with van der Waals surface area (Å²) in [7, 11) is 4.84. The van der Waals surface area contributed by atoms with Crippen LogP contribution in [0.4, 0.5) is 0 Å². The SMILES string of the molecule is COc1ccc(OC)c(C(=O)NCC2(c3ccccc3OC)CCCC2)c1. The molecule has 0 spiro atoms. The van der Waals surface area contributed by atoms with Crippen molar-refractivity contribution in [3.05, 3.63) is 53.6 Å². The molecule has 1 saturated carbocycles. The summed E-state index contributed by atoms with van der Waals surface area (Å²) < 4.78 is 16.2. The molecular weight excluding hydrogens is 342 g/mol. The van der Waals surface area contributed by atoms with Crippen LogP contribution >= 0.6 is 0 Å². The molecule has 5 nitrogen and oxygen atoms in total. The summed E-state index contributed by atoms with van der Waals surface area (Å²) in [4.78, 5) is 12.9. The van der Waals surface area contributed by atoms with Gasteiger partial charge >= 0.3 is 0 Å². The third-order valence-corrected chi connectivity index (χ3v) is 5.48. The maximum Gasteiger partial charge on any atom is 0.255 e. The predicted molar refractivity (Wildman–Crippen MR) is 105 cm³/mol. The Morgan fingerprint density at radius 1 is 0.963 bits per heavy atom. The third kappa shape index (κ3) is 3.87. The number of amides is 1. The van der Waals surface area contributed by atoms with Gasteiger partial charge in [0.15, 0.2) is 0 Å². The summed E-state index contributed by atoms with van der Waals surface area (Å²) in [6.07, 6.45) is 4.36. The highest BCUT2D eigenvalue weighted by molar-refractivity contribution is 5.97. The van der Waals surface area contributed by atoms with Crippen LogP contribution in [0.15, 0.2) is 42.5 Å². The molecular formula is C22H27NO4. The van der Waals surface area contributed by atoms with E-state index in [9.17, 15) is 4.79 Å². The summed E-state index contributed by atoms with van der Waals surface area (Å²) in [5, 5.41) is 3.13. The minimum absolute atomic E-state index is 0.103. The van der Waals surface area contributed by atoms with Crippen LogP contribution in [-0.2, 0) is 5.41 Å². The Hall–Kier alpha value is -2.69. The first-order valence-corrected chi connectivity index (χ1v) is 9.27. The molecule has 1 aliphatic rings. The number of methoxy groups -OCH3 is 3. The summed E-state index contributed by atoms with van der Waals surface area (Å²) in [6.45, 7) is 0.562. The molecule has 0 radical (unpaired) electrons. The van der Waals surface area contributed by atoms with E-state index < -0.39 is 0 Å². The number of benzene rings is 2. The van der Waals surface area contributed by atoms with Gasteiger partial charge in [-0.2, -0.15) is 0 Å². The fourth-order valence-electron chi connectivity index (χ4n) is 4.01. The van der Waals surface area contributed by atoms with Crippen LogP contribution in [0.5, 0.6) is 17.2 Å². The van der Waals surface area contributed by atoms with Crippen LogP contribution in [0.3, 0.4) is 0 Å². The van der Waals surface area contributed by atoms with E-state index in [1.165, 1.54) is 5.56 Å². The van der Waals surface area contributed by atoms with E-state index in [0.29, 0.717) is 23.6 Å². The first kappa shape index (κ1) is 19.1. The van der Waals surface area contributed by atoms with E-state index in [2.05, 4.69) is 11.4 Å². The predicted octanol–water partition coefficient (Wildman–Crippen LogP) is 3.95. The lowest BCUT2D eigenvalue weighted by molar-refractivity contribution is 0.0939. The highest BCUT2D eigenvalue weighted by Crippen LogP contribution is 2.44. The molecule has 0 bridgehead atoms. The highest BCUT2D eigenvalue weighted by atomic mass is 16.5. The van der Waals surface area contributed by atoms with Gasteiger partial charge in [-0.15, -0.1) is 0 Å². The van der Waals surface area contributed by atoms with Crippen molar-refractivity contribution in [2.45, 2.75) is 31.1 Å². The number of nitrogens with one attached hydrogen (secondary N) is 1. The van der Waals surface area contributed by atoms with Gasteiger partial charge < -0.3 is 19.5 Å². The van der Waals surface area contributed by atoms with Crippen molar-refractivity contribution in [2.75, 3.05) is 27.9 Å². The number of hydrogen-bond acceptors (Lipinski definition) is 4. The van der Waals surface area contributed by atoms with E-state index in [0.717, 1.165) is 31.4 Å². The normalized spacial score (nSPS) is 15.2. The van der Waals surface area contributed by atoms with Gasteiger partial charge in [0.05, 0.1) is 26.9 Å². The van der Waals surface area contributed by atoms with Gasteiger partial charge in [0.25, 0.3) is 5.91 Å². The fourth-order valence-corrected chi connectivity index (χ4v) is 4.01. The molecule has 1 aliphatic carbocycles. The zero-order chi connectivity index (χ0) is 19.3. The lowest BCUT2D eigenvalue weighted by atomic mass is 9.78. The molecule has 1 fully saturated rings. The Morgan fingerprint density at radius 3 is 2.33 bits per heavy atom. The Kier molecular flexibility index (Phi) is 5.89. The van der Waals surface area contributed by atoms with Crippen molar-refractivity contribution < 1.29 is 19.0 Å². The highest BCUT2D eigenvalue weighted by Gasteiger charge is 2.38. The van der Waals surface area contributed by atoms with Crippen LogP contribution in [-0.4, -0.2) is 33.8 Å². The molecule has 27 heavy (non-hydrogen) atoms. The maximum absolute atomic E-state index is 12.9. The topological polar surface area (TPSA) is 56.8 Å². The van der Waals surface area contributed by atoms with Crippen LogP contribution in [0.25, 0.3) is 0 Å². The van der Waals surface area contributed by atoms with Gasteiger partial charge in [0.1, 0.15) is 17.2 Å². The first-order chi connectivity index (χ1) is 13.1. The minimum atomic E-state index is -0.160. The summed E-state index contributed by atoms with van der Waals surface area (Å²) in [5.74, 6) is 1.88. The first-order valence-electron chi connectivity index (χ1n) is 9.27. The second kappa shape index (κ2) is 8.33. The molecule has 0 aliphatic heterocycles. The Morgan fingerprint density at radius 2 is 1.67 bits per heavy atom. The Balaban J connectivity index is 1.84. The monoisotopic (exact) mass is 369 g/mol. The van der Waals surface area contributed by atoms with Gasteiger partial charge in [-0.1, -0.05) is 31.0 Å². The van der Waals surface area contributed by atoms with Crippen molar-refractivity contribution in [2.24, 2.45) is 0 Å². The average Bonchev–Trinajstić information content (AvgIpc) is 3.21. The van der Waals surface area contributed by atoms with Gasteiger partial charge in [-0.3, -0.25) is 4.79 Å². The lowest BCUT2D eigenvalue weighted by Gasteiger charge is -2.31. The molecule has 0 saturated heterocycles. The van der Waals surface area contributed by atoms with Crippen LogP contribution in [0.1, 0.15) is 41.6 Å². The molecule has 3 rings (SSSR count). The number of para-hydroxylation sites is 1. The number of ether oxygens (including phenoxy) is 3. The Bertz CT molecular complexity index is 797. The standard InChI is InChI=1S/C22H27NO4/c1-25-16-10-11-19(26-2)17(14-16)21(24)23-15-22(12-6-7-13-22)18-8-4-5-9-20(18)27-3/h4-5,8-11,14H,6-7,12-13,15H2,1-3H3,(H,23,24). The van der Waals surface area contributed by atoms with E-state index in [4.69, 9.17) is 14.2 Å². The van der Waals surface area contributed by atoms with E-state index in [-0.39, 0.29) is 11.3 Å². The van der Waals surface area contributed by atoms with Gasteiger partial charge in [-0.05, 0) is 37.1 Å². The zero-order valence-electron chi connectivity index (χ0n) is 16.2. The smallest absolute Gasteiger partial charge is 0.255 e. The molecule has 0 heterocycles. The van der Waals surface area contributed by atoms with Gasteiger partial charge in [0, 0.05) is 17.5 Å². The van der Waals surface area contributed by atoms with Crippen molar-refractivity contribution >= 4 is 5.91 Å². The van der Waals surface area contributed by atoms with Crippen molar-refractivity contribution in [1.82, 2.24) is 5.32 Å². The second-order valence-corrected chi connectivity index (χ2v) is 6.94. The Labute approximate surface area is 160 Å². The average molecular weight is 369 g/mol. The summed E-state index contributed by atoms with van der Waals surface area (Å²) in [5.41, 5.74) is 1.54. The molecule has 0 atom stereocenters. The molecule has 0 aromatic heterocycles. The summed E-state index contributed by atoms with van der Waals surface area (Å²) in [6, 6.07) is 13.3. The van der Waals surface area contributed by atoms with Crippen molar-refractivity contribution in [1.29, 1.82) is 0 Å². The van der Waals surface area contributed by atoms with Gasteiger partial charge in [0.2, 0.25) is 0 Å². The van der Waals surface area contributed by atoms with E-state index >= 15 is 0 Å². The maximum atomic E-state index is 12.9. The number of rotatable bonds is 7. The minimum Gasteiger partial charge on any atom is -0.497 e. The van der Waals surface area contributed by atoms with Crippen molar-refractivity contribution in [3.8, 4) is 17.2 Å². The van der Waals surface area contributed by atoms with Crippen LogP contribution in [0, 0.1) is 0 Å². The molecule has 1 amide bonds. The second-order valence-electron chi connectivity index (χ2n) is 6.94. The van der Waals surface area contributed by atoms with Crippen LogP contribution in [0.2, 0.25) is 0 Å². The molecule has 1 N–H and O–H groups in total. The van der Waals surface area contributed by atoms with E-state index in [1.54, 1.807) is 39.5 Å². The number of hydrogen-bond donors (Lipinski definition) is 1. The van der Waals surface area contributed by atoms with E-state index in [1.807, 2.05) is 18.2 Å². The summed E-state index contributed by atoms with van der Waals surface area (Å²) >= 11 is 0.